The van der Waals surface area contributed by atoms with Crippen LogP contribution in [0, 0.1) is 0 Å². The molecule has 0 amide bonds. The van der Waals surface area contributed by atoms with Gasteiger partial charge >= 0.3 is 54.7 Å². The van der Waals surface area contributed by atoms with Crippen LogP contribution in [0.3, 0.4) is 0 Å². The summed E-state index contributed by atoms with van der Waals surface area (Å²) in [5, 5.41) is 8.24. The van der Waals surface area contributed by atoms with Crippen molar-refractivity contribution >= 4 is 0 Å². The topological polar surface area (TPSA) is 29.5 Å². The van der Waals surface area contributed by atoms with Gasteiger partial charge in [0.05, 0.1) is 13.2 Å². The minimum atomic E-state index is -2.28. The van der Waals surface area contributed by atoms with Crippen LogP contribution in [-0.2, 0) is 11.2 Å². The van der Waals surface area contributed by atoms with Crippen LogP contribution in [0.15, 0.2) is 0 Å². The molecule has 3 heteroatoms. The first-order valence-electron chi connectivity index (χ1n) is 8.48. The molecule has 19 heavy (non-hydrogen) atoms. The predicted octanol–water partition coefficient (Wildman–Crippen LogP) is 4.17. The zero-order valence-electron chi connectivity index (χ0n) is 11.5. The van der Waals surface area contributed by atoms with Crippen LogP contribution in [0.1, 0.15) is 19.8 Å². The molecule has 0 aromatic heterocycles. The molecule has 108 valence electrons. The van der Waals surface area contributed by atoms with Crippen molar-refractivity contribution in [2.24, 2.45) is 0 Å². The molecule has 10 aliphatic rings. The van der Waals surface area contributed by atoms with Crippen LogP contribution in [0.4, 0.5) is 0 Å². The SMILES string of the molecule is CCCCOCCO.[CH]12[CH]3[CH]4[CH]5[CH]1[Fe]23451678[CH]2[CH]1[CH]6[CH]7[CH]28. The van der Waals surface area contributed by atoms with E-state index < -0.39 is 6.51 Å². The van der Waals surface area contributed by atoms with Gasteiger partial charge in [0.1, 0.15) is 0 Å². The summed E-state index contributed by atoms with van der Waals surface area (Å²) in [7, 11) is 0. The fourth-order valence-electron chi connectivity index (χ4n) is 16.2. The monoisotopic (exact) mass is 304 g/mol. The summed E-state index contributed by atoms with van der Waals surface area (Å²) in [5.41, 5.74) is 0. The molecule has 10 rings (SSSR count). The van der Waals surface area contributed by atoms with Crippen LogP contribution < -0.4 is 0 Å². The Bertz CT molecular complexity index is 669. The number of rotatable bonds is 5. The Labute approximate surface area is 104 Å². The molecule has 0 saturated carbocycles. The maximum absolute atomic E-state index is 8.24. The Morgan fingerprint density at radius 3 is 1.42 bits per heavy atom. The number of hydrogen-bond acceptors (Lipinski definition) is 2. The van der Waals surface area contributed by atoms with Gasteiger partial charge in [-0.15, -0.1) is 0 Å². The van der Waals surface area contributed by atoms with E-state index in [0.717, 1.165) is 19.4 Å². The van der Waals surface area contributed by atoms with Gasteiger partial charge in [-0.05, 0) is 6.42 Å². The molecule has 0 aromatic carbocycles. The molecule has 10 aliphatic heterocycles. The molecule has 0 aromatic rings. The average Bonchev–Trinajstić information content (AvgIpc) is 3.38. The molecule has 0 unspecified atom stereocenters. The summed E-state index contributed by atoms with van der Waals surface area (Å²) in [6.45, 7) is 1.25. The van der Waals surface area contributed by atoms with Crippen molar-refractivity contribution in [2.75, 3.05) is 19.8 Å². The van der Waals surface area contributed by atoms with Crippen molar-refractivity contribution in [1.29, 1.82) is 0 Å². The van der Waals surface area contributed by atoms with Gasteiger partial charge in [-0.3, -0.25) is 0 Å². The average molecular weight is 304 g/mol. The second-order valence-electron chi connectivity index (χ2n) is 11.3. The van der Waals surface area contributed by atoms with Crippen molar-refractivity contribution < 1.29 is 16.4 Å². The van der Waals surface area contributed by atoms with Gasteiger partial charge < -0.3 is 9.84 Å². The Morgan fingerprint density at radius 2 is 1.21 bits per heavy atom. The molecule has 10 fully saturated rings. The second kappa shape index (κ2) is 0.846. The van der Waals surface area contributed by atoms with Crippen LogP contribution in [0.2, 0.25) is 48.2 Å². The van der Waals surface area contributed by atoms with E-state index in [2.05, 4.69) is 6.92 Å². The second-order valence-corrected chi connectivity index (χ2v) is 35.2. The Kier molecular flexibility index (Phi) is 0.391. The molecule has 0 radical (unpaired) electrons. The first-order valence-corrected chi connectivity index (χ1v) is 14.9. The normalized spacial score (nSPS) is 103. The molecule has 10 heterocycles. The van der Waals surface area contributed by atoms with E-state index in [0.29, 0.717) is 6.61 Å². The molecule has 1 N–H and O–H groups in total. The van der Waals surface area contributed by atoms with Crippen LogP contribution in [-0.4, -0.2) is 24.9 Å². The number of unbranched alkanes of at least 4 members (excludes halogenated alkanes) is 1. The number of aliphatic hydroxyl groups excluding tert-OH is 1. The van der Waals surface area contributed by atoms with E-state index in [9.17, 15) is 0 Å². The van der Waals surface area contributed by atoms with Gasteiger partial charge in [-0.25, -0.2) is 0 Å². The van der Waals surface area contributed by atoms with Crippen molar-refractivity contribution in [3.05, 3.63) is 0 Å². The number of fused-ring (bicyclic) bond motifs is 10. The summed E-state index contributed by atoms with van der Waals surface area (Å²) >= 11 is 0. The zero-order chi connectivity index (χ0) is 12.3. The zero-order valence-corrected chi connectivity index (χ0v) is 12.6. The maximum atomic E-state index is 8.24. The Morgan fingerprint density at radius 1 is 0.789 bits per heavy atom. The van der Waals surface area contributed by atoms with Crippen LogP contribution >= 0.6 is 0 Å². The fraction of sp³-hybridized carbons (Fsp3) is 1.00. The van der Waals surface area contributed by atoms with E-state index in [4.69, 9.17) is 9.84 Å². The van der Waals surface area contributed by atoms with Gasteiger partial charge in [0, 0.05) is 6.61 Å². The first-order chi connectivity index (χ1) is 9.07. The summed E-state index contributed by atoms with van der Waals surface area (Å²) < 4.78 is 4.97. The third-order valence-corrected chi connectivity index (χ3v) is 57.3. The van der Waals surface area contributed by atoms with Crippen molar-refractivity contribution in [3.8, 4) is 0 Å². The first kappa shape index (κ1) is 8.78. The number of aliphatic hydroxyl groups is 1. The molecule has 10 saturated heterocycles. The van der Waals surface area contributed by atoms with Gasteiger partial charge in [-0.2, -0.15) is 0 Å². The van der Waals surface area contributed by atoms with Crippen molar-refractivity contribution in [2.45, 2.75) is 67.9 Å². The molecule has 0 atom stereocenters. The third kappa shape index (κ3) is 0.118. The van der Waals surface area contributed by atoms with Crippen LogP contribution in [0.25, 0.3) is 0 Å². The molecular weight excluding hydrogens is 280 g/mol. The van der Waals surface area contributed by atoms with E-state index in [1.165, 1.54) is 0 Å². The predicted molar refractivity (Wildman–Crippen MR) is 70.3 cm³/mol. The quantitative estimate of drug-likeness (QED) is 0.610. The van der Waals surface area contributed by atoms with E-state index >= 15 is 0 Å². The molecule has 0 aliphatic carbocycles. The molecule has 1 spiro atoms. The van der Waals surface area contributed by atoms with Crippen molar-refractivity contribution in [1.82, 2.24) is 0 Å². The van der Waals surface area contributed by atoms with E-state index in [-0.39, 0.29) is 6.61 Å². The Balaban J connectivity index is 0.0000000847. The summed E-state index contributed by atoms with van der Waals surface area (Å²) in [4.78, 5) is 15.9. The standard InChI is InChI=1S/C6H14O2.2C5H5.Fe/c1-2-3-5-8-6-4-7;2*1-2-4-5-3-1;/h7H,2-6H2,1H3;2*1-5H;. The summed E-state index contributed by atoms with van der Waals surface area (Å²) in [6, 6.07) is 0. The Hall–Kier alpha value is 0.439. The third-order valence-electron chi connectivity index (χ3n) is 15.4. The van der Waals surface area contributed by atoms with Gasteiger partial charge in [0.25, 0.3) is 0 Å². The van der Waals surface area contributed by atoms with E-state index in [1.807, 2.05) is 0 Å². The molecular formula is C16H24FeO2. The van der Waals surface area contributed by atoms with Crippen molar-refractivity contribution in [3.63, 3.8) is 0 Å². The summed E-state index contributed by atoms with van der Waals surface area (Å²) in [6.07, 6.45) is 2.26. The van der Waals surface area contributed by atoms with Gasteiger partial charge in [0.2, 0.25) is 0 Å². The van der Waals surface area contributed by atoms with Gasteiger partial charge in [0.15, 0.2) is 0 Å². The number of hydrogen-bond donors (Lipinski definition) is 1. The fourth-order valence-corrected chi connectivity index (χ4v) is 88.4. The van der Waals surface area contributed by atoms with Crippen LogP contribution in [0.5, 0.6) is 0 Å². The minimum absolute atomic E-state index is 0.143. The van der Waals surface area contributed by atoms with Gasteiger partial charge in [-0.1, -0.05) is 13.3 Å². The van der Waals surface area contributed by atoms with E-state index in [1.54, 1.807) is 48.2 Å². The summed E-state index contributed by atoms with van der Waals surface area (Å²) in [5.74, 6) is 0. The molecule has 2 nitrogen and oxygen atoms in total. The number of ether oxygens (including phenoxy) is 1. The molecule has 0 bridgehead atoms.